The molecule has 1 heterocycles. The highest BCUT2D eigenvalue weighted by molar-refractivity contribution is 5.25. The van der Waals surface area contributed by atoms with Crippen LogP contribution < -0.4 is 5.32 Å². The van der Waals surface area contributed by atoms with Gasteiger partial charge < -0.3 is 5.32 Å². The van der Waals surface area contributed by atoms with Crippen molar-refractivity contribution in [3.8, 4) is 0 Å². The summed E-state index contributed by atoms with van der Waals surface area (Å²) in [5, 5.41) is 3.74. The van der Waals surface area contributed by atoms with E-state index in [4.69, 9.17) is 0 Å². The summed E-state index contributed by atoms with van der Waals surface area (Å²) < 4.78 is 0. The van der Waals surface area contributed by atoms with Gasteiger partial charge in [0.2, 0.25) is 0 Å². The second-order valence-electron chi connectivity index (χ2n) is 5.39. The summed E-state index contributed by atoms with van der Waals surface area (Å²) in [5.41, 5.74) is 3.10. The Bertz CT molecular complexity index is 341. The first-order chi connectivity index (χ1) is 7.07. The van der Waals surface area contributed by atoms with E-state index < -0.39 is 0 Å². The largest absolute Gasteiger partial charge is 0.305 e. The van der Waals surface area contributed by atoms with Crippen molar-refractivity contribution in [2.45, 2.75) is 51.6 Å². The molecule has 0 radical (unpaired) electrons. The topological polar surface area (TPSA) is 12.0 Å². The molecular formula is C14H21N. The van der Waals surface area contributed by atoms with Crippen LogP contribution in [0.4, 0.5) is 0 Å². The molecule has 1 aliphatic heterocycles. The molecule has 1 saturated heterocycles. The third kappa shape index (κ3) is 2.60. The molecule has 0 saturated carbocycles. The number of hydrogen-bond acceptors (Lipinski definition) is 1. The lowest BCUT2D eigenvalue weighted by Gasteiger charge is -2.37. The maximum atomic E-state index is 3.74. The summed E-state index contributed by atoms with van der Waals surface area (Å²) in [7, 11) is 0. The van der Waals surface area contributed by atoms with Crippen LogP contribution in [-0.2, 0) is 0 Å². The van der Waals surface area contributed by atoms with E-state index in [0.717, 1.165) is 0 Å². The fourth-order valence-corrected chi connectivity index (χ4v) is 2.50. The summed E-state index contributed by atoms with van der Waals surface area (Å²) >= 11 is 0. The summed E-state index contributed by atoms with van der Waals surface area (Å²) in [6, 6.07) is 9.42. The predicted octanol–water partition coefficient (Wildman–Crippen LogP) is 3.59. The fraction of sp³-hybridized carbons (Fsp3) is 0.571. The van der Waals surface area contributed by atoms with E-state index in [9.17, 15) is 0 Å². The van der Waals surface area contributed by atoms with Crippen molar-refractivity contribution < 1.29 is 0 Å². The number of piperidine rings is 1. The Hall–Kier alpha value is -0.820. The first kappa shape index (κ1) is 10.7. The first-order valence-corrected chi connectivity index (χ1v) is 5.91. The van der Waals surface area contributed by atoms with Gasteiger partial charge in [-0.2, -0.15) is 0 Å². The van der Waals surface area contributed by atoms with E-state index in [0.29, 0.717) is 11.6 Å². The maximum Gasteiger partial charge on any atom is 0.0325 e. The van der Waals surface area contributed by atoms with Crippen molar-refractivity contribution in [2.24, 2.45) is 0 Å². The number of rotatable bonds is 1. The lowest BCUT2D eigenvalue weighted by Crippen LogP contribution is -2.44. The Morgan fingerprint density at radius 1 is 1.33 bits per heavy atom. The van der Waals surface area contributed by atoms with Gasteiger partial charge in [-0.15, -0.1) is 0 Å². The van der Waals surface area contributed by atoms with Gasteiger partial charge in [0.15, 0.2) is 0 Å². The highest BCUT2D eigenvalue weighted by atomic mass is 15.0. The quantitative estimate of drug-likeness (QED) is 0.735. The lowest BCUT2D eigenvalue weighted by molar-refractivity contribution is 0.245. The van der Waals surface area contributed by atoms with Gasteiger partial charge in [0, 0.05) is 11.6 Å². The SMILES string of the molecule is Cc1cccc(C2CCCC(C)(C)N2)c1. The second-order valence-corrected chi connectivity index (χ2v) is 5.39. The van der Waals surface area contributed by atoms with Crippen molar-refractivity contribution in [3.05, 3.63) is 35.4 Å². The number of nitrogens with one attached hydrogen (secondary N) is 1. The molecule has 82 valence electrons. The molecule has 2 rings (SSSR count). The van der Waals surface area contributed by atoms with E-state index in [-0.39, 0.29) is 0 Å². The minimum absolute atomic E-state index is 0.298. The van der Waals surface area contributed by atoms with Crippen LogP contribution in [0.5, 0.6) is 0 Å². The Balaban J connectivity index is 2.17. The van der Waals surface area contributed by atoms with Gasteiger partial charge in [0.05, 0.1) is 0 Å². The van der Waals surface area contributed by atoms with Crippen LogP contribution in [0.2, 0.25) is 0 Å². The highest BCUT2D eigenvalue weighted by Crippen LogP contribution is 2.30. The van der Waals surface area contributed by atoms with E-state index in [2.05, 4.69) is 50.4 Å². The Labute approximate surface area is 92.9 Å². The molecule has 1 fully saturated rings. The zero-order chi connectivity index (χ0) is 10.9. The molecule has 1 heteroatoms. The van der Waals surface area contributed by atoms with Crippen LogP contribution in [0.3, 0.4) is 0 Å². The fourth-order valence-electron chi connectivity index (χ4n) is 2.50. The molecule has 15 heavy (non-hydrogen) atoms. The third-order valence-electron chi connectivity index (χ3n) is 3.30. The molecule has 1 aromatic carbocycles. The smallest absolute Gasteiger partial charge is 0.0325 e. The molecule has 0 amide bonds. The number of hydrogen-bond donors (Lipinski definition) is 1. The van der Waals surface area contributed by atoms with Crippen molar-refractivity contribution >= 4 is 0 Å². The Morgan fingerprint density at radius 3 is 2.80 bits per heavy atom. The summed E-state index contributed by atoms with van der Waals surface area (Å²) in [6.45, 7) is 6.77. The standard InChI is InChI=1S/C14H21N/c1-11-6-4-7-12(10-11)13-8-5-9-14(2,3)15-13/h4,6-7,10,13,15H,5,8-9H2,1-3H3. The van der Waals surface area contributed by atoms with Gasteiger partial charge in [-0.3, -0.25) is 0 Å². The van der Waals surface area contributed by atoms with Gasteiger partial charge in [-0.05, 0) is 45.6 Å². The van der Waals surface area contributed by atoms with Crippen molar-refractivity contribution in [1.29, 1.82) is 0 Å². The normalized spacial score (nSPS) is 25.1. The van der Waals surface area contributed by atoms with Gasteiger partial charge in [0.1, 0.15) is 0 Å². The molecule has 0 aliphatic carbocycles. The number of benzene rings is 1. The molecule has 1 nitrogen and oxygen atoms in total. The van der Waals surface area contributed by atoms with Gasteiger partial charge in [0.25, 0.3) is 0 Å². The van der Waals surface area contributed by atoms with Crippen molar-refractivity contribution in [3.63, 3.8) is 0 Å². The zero-order valence-corrected chi connectivity index (χ0v) is 10.0. The maximum absolute atomic E-state index is 3.74. The van der Waals surface area contributed by atoms with Crippen molar-refractivity contribution in [1.82, 2.24) is 5.32 Å². The molecular weight excluding hydrogens is 182 g/mol. The number of aryl methyl sites for hydroxylation is 1. The van der Waals surface area contributed by atoms with E-state index >= 15 is 0 Å². The second kappa shape index (κ2) is 3.97. The minimum Gasteiger partial charge on any atom is -0.305 e. The first-order valence-electron chi connectivity index (χ1n) is 5.91. The molecule has 1 aliphatic rings. The highest BCUT2D eigenvalue weighted by Gasteiger charge is 2.27. The average molecular weight is 203 g/mol. The van der Waals surface area contributed by atoms with Crippen LogP contribution >= 0.6 is 0 Å². The minimum atomic E-state index is 0.298. The van der Waals surface area contributed by atoms with Crippen LogP contribution in [0, 0.1) is 6.92 Å². The van der Waals surface area contributed by atoms with Crippen LogP contribution in [0.15, 0.2) is 24.3 Å². The van der Waals surface area contributed by atoms with E-state index in [1.165, 1.54) is 30.4 Å². The average Bonchev–Trinajstić information content (AvgIpc) is 2.16. The third-order valence-corrected chi connectivity index (χ3v) is 3.30. The molecule has 0 spiro atoms. The molecule has 0 aromatic heterocycles. The Morgan fingerprint density at radius 2 is 2.13 bits per heavy atom. The van der Waals surface area contributed by atoms with Crippen LogP contribution in [0.25, 0.3) is 0 Å². The monoisotopic (exact) mass is 203 g/mol. The Kier molecular flexibility index (Phi) is 2.83. The van der Waals surface area contributed by atoms with Gasteiger partial charge in [-0.1, -0.05) is 29.8 Å². The van der Waals surface area contributed by atoms with Gasteiger partial charge in [-0.25, -0.2) is 0 Å². The van der Waals surface area contributed by atoms with Crippen LogP contribution in [0.1, 0.15) is 50.3 Å². The molecule has 1 unspecified atom stereocenters. The van der Waals surface area contributed by atoms with Crippen LogP contribution in [-0.4, -0.2) is 5.54 Å². The zero-order valence-electron chi connectivity index (χ0n) is 10.0. The summed E-state index contributed by atoms with van der Waals surface area (Å²) in [6.07, 6.45) is 3.89. The van der Waals surface area contributed by atoms with Crippen molar-refractivity contribution in [2.75, 3.05) is 0 Å². The van der Waals surface area contributed by atoms with Gasteiger partial charge >= 0.3 is 0 Å². The molecule has 0 bridgehead atoms. The van der Waals surface area contributed by atoms with E-state index in [1.54, 1.807) is 0 Å². The predicted molar refractivity (Wildman–Crippen MR) is 65.0 cm³/mol. The summed E-state index contributed by atoms with van der Waals surface area (Å²) in [5.74, 6) is 0. The molecule has 1 atom stereocenters. The molecule has 1 aromatic rings. The summed E-state index contributed by atoms with van der Waals surface area (Å²) in [4.78, 5) is 0. The van der Waals surface area contributed by atoms with E-state index in [1.807, 2.05) is 0 Å². The molecule has 1 N–H and O–H groups in total. The lowest BCUT2D eigenvalue weighted by atomic mass is 9.86.